The van der Waals surface area contributed by atoms with E-state index >= 15 is 0 Å². The van der Waals surface area contributed by atoms with Crippen LogP contribution in [0.1, 0.15) is 44.6 Å². The molecule has 0 saturated heterocycles. The molecule has 0 atom stereocenters. The van der Waals surface area contributed by atoms with Crippen LogP contribution in [-0.2, 0) is 6.54 Å². The lowest BCUT2D eigenvalue weighted by molar-refractivity contribution is 0.273. The Kier molecular flexibility index (Phi) is 9.46. The summed E-state index contributed by atoms with van der Waals surface area (Å²) in [7, 11) is 0. The first-order chi connectivity index (χ1) is 9.77. The van der Waals surface area contributed by atoms with Crippen LogP contribution in [0.5, 0.6) is 5.75 Å². The van der Waals surface area contributed by atoms with Gasteiger partial charge in [-0.1, -0.05) is 31.0 Å². The summed E-state index contributed by atoms with van der Waals surface area (Å²) in [6, 6.07) is 5.96. The largest absolute Gasteiger partial charge is 0.492 e. The molecule has 114 valence electrons. The summed E-state index contributed by atoms with van der Waals surface area (Å²) in [6.07, 6.45) is 5.13. The molecule has 0 aliphatic rings. The number of aliphatic hydroxyl groups is 1. The summed E-state index contributed by atoms with van der Waals surface area (Å²) in [5.41, 5.74) is 1.18. The molecule has 0 heterocycles. The first-order valence-corrected chi connectivity index (χ1v) is 7.88. The van der Waals surface area contributed by atoms with Crippen molar-refractivity contribution in [2.75, 3.05) is 19.8 Å². The van der Waals surface area contributed by atoms with Gasteiger partial charge >= 0.3 is 0 Å². The Morgan fingerprint density at radius 2 is 2.00 bits per heavy atom. The molecule has 0 aliphatic carbocycles. The second-order valence-electron chi connectivity index (χ2n) is 4.93. The highest BCUT2D eigenvalue weighted by Crippen LogP contribution is 2.25. The molecule has 2 N–H and O–H groups in total. The third kappa shape index (κ3) is 7.13. The Labute approximate surface area is 127 Å². The van der Waals surface area contributed by atoms with Crippen LogP contribution in [0, 0.1) is 0 Å². The lowest BCUT2D eigenvalue weighted by Gasteiger charge is -2.10. The summed E-state index contributed by atoms with van der Waals surface area (Å²) in [5, 5.41) is 12.7. The Morgan fingerprint density at radius 1 is 1.20 bits per heavy atom. The van der Waals surface area contributed by atoms with E-state index in [1.54, 1.807) is 0 Å². The first-order valence-electron chi connectivity index (χ1n) is 7.50. The van der Waals surface area contributed by atoms with Crippen molar-refractivity contribution < 1.29 is 9.84 Å². The zero-order chi connectivity index (χ0) is 14.6. The molecule has 1 aromatic rings. The van der Waals surface area contributed by atoms with E-state index in [1.165, 1.54) is 5.56 Å². The quantitative estimate of drug-likeness (QED) is 0.611. The Balaban J connectivity index is 2.28. The predicted molar refractivity (Wildman–Crippen MR) is 84.5 cm³/mol. The topological polar surface area (TPSA) is 41.5 Å². The van der Waals surface area contributed by atoms with E-state index < -0.39 is 0 Å². The van der Waals surface area contributed by atoms with Crippen LogP contribution in [0.2, 0.25) is 5.02 Å². The zero-order valence-corrected chi connectivity index (χ0v) is 13.1. The summed E-state index contributed by atoms with van der Waals surface area (Å²) in [5.74, 6) is 0.757. The molecule has 0 radical (unpaired) electrons. The predicted octanol–water partition coefficient (Wildman–Crippen LogP) is 3.77. The standard InChI is InChI=1S/C16H26ClNO2/c1-2-9-18-13-14-7-8-16(15(17)12-14)20-11-6-4-3-5-10-19/h7-8,12,18-19H,2-6,9-11,13H2,1H3. The number of hydrogen-bond donors (Lipinski definition) is 2. The molecule has 0 fully saturated rings. The van der Waals surface area contributed by atoms with Crippen LogP contribution >= 0.6 is 11.6 Å². The normalized spacial score (nSPS) is 10.8. The molecule has 0 aromatic heterocycles. The van der Waals surface area contributed by atoms with Crippen LogP contribution in [0.15, 0.2) is 18.2 Å². The minimum Gasteiger partial charge on any atom is -0.492 e. The smallest absolute Gasteiger partial charge is 0.137 e. The molecule has 0 bridgehead atoms. The molecule has 20 heavy (non-hydrogen) atoms. The highest BCUT2D eigenvalue weighted by atomic mass is 35.5. The van der Waals surface area contributed by atoms with Crippen molar-refractivity contribution in [2.24, 2.45) is 0 Å². The number of hydrogen-bond acceptors (Lipinski definition) is 3. The third-order valence-corrected chi connectivity index (χ3v) is 3.36. The first kappa shape index (κ1) is 17.3. The van der Waals surface area contributed by atoms with Gasteiger partial charge in [0.25, 0.3) is 0 Å². The van der Waals surface area contributed by atoms with E-state index in [9.17, 15) is 0 Å². The average molecular weight is 300 g/mol. The molecule has 3 nitrogen and oxygen atoms in total. The van der Waals surface area contributed by atoms with E-state index in [0.29, 0.717) is 11.6 Å². The summed E-state index contributed by atoms with van der Waals surface area (Å²) >= 11 is 6.22. The SMILES string of the molecule is CCCNCc1ccc(OCCCCCCO)c(Cl)c1. The van der Waals surface area contributed by atoms with Gasteiger partial charge in [-0.25, -0.2) is 0 Å². The van der Waals surface area contributed by atoms with Crippen LogP contribution in [0.25, 0.3) is 0 Å². The molecular formula is C16H26ClNO2. The lowest BCUT2D eigenvalue weighted by Crippen LogP contribution is -2.13. The monoisotopic (exact) mass is 299 g/mol. The maximum Gasteiger partial charge on any atom is 0.137 e. The second kappa shape index (κ2) is 11.0. The molecule has 4 heteroatoms. The third-order valence-electron chi connectivity index (χ3n) is 3.06. The maximum atomic E-state index is 8.69. The minimum absolute atomic E-state index is 0.278. The number of ether oxygens (including phenoxy) is 1. The molecule has 1 rings (SSSR count). The summed E-state index contributed by atoms with van der Waals surface area (Å²) < 4.78 is 5.68. The molecule has 0 spiro atoms. The van der Waals surface area contributed by atoms with Gasteiger partial charge in [0.2, 0.25) is 0 Å². The number of halogens is 1. The van der Waals surface area contributed by atoms with E-state index in [0.717, 1.165) is 50.9 Å². The van der Waals surface area contributed by atoms with Gasteiger partial charge in [-0.05, 0) is 49.9 Å². The van der Waals surface area contributed by atoms with Crippen LogP contribution in [0.4, 0.5) is 0 Å². The fourth-order valence-electron chi connectivity index (χ4n) is 1.93. The molecular weight excluding hydrogens is 274 g/mol. The van der Waals surface area contributed by atoms with Gasteiger partial charge in [-0.3, -0.25) is 0 Å². The average Bonchev–Trinajstić information content (AvgIpc) is 2.45. The number of unbranched alkanes of at least 4 members (excludes halogenated alkanes) is 3. The Morgan fingerprint density at radius 3 is 2.70 bits per heavy atom. The second-order valence-corrected chi connectivity index (χ2v) is 5.34. The van der Waals surface area contributed by atoms with Crippen molar-refractivity contribution >= 4 is 11.6 Å². The maximum absolute atomic E-state index is 8.69. The fraction of sp³-hybridized carbons (Fsp3) is 0.625. The van der Waals surface area contributed by atoms with E-state index in [2.05, 4.69) is 18.3 Å². The van der Waals surface area contributed by atoms with Gasteiger partial charge in [-0.2, -0.15) is 0 Å². The van der Waals surface area contributed by atoms with Crippen molar-refractivity contribution in [2.45, 2.75) is 45.6 Å². The molecule has 1 aromatic carbocycles. The number of rotatable bonds is 11. The lowest BCUT2D eigenvalue weighted by atomic mass is 10.2. The summed E-state index contributed by atoms with van der Waals surface area (Å²) in [4.78, 5) is 0. The Bertz CT molecular complexity index is 371. The van der Waals surface area contributed by atoms with Crippen molar-refractivity contribution in [3.05, 3.63) is 28.8 Å². The zero-order valence-electron chi connectivity index (χ0n) is 12.3. The molecule has 0 saturated carbocycles. The van der Waals surface area contributed by atoms with E-state index in [4.69, 9.17) is 21.4 Å². The summed E-state index contributed by atoms with van der Waals surface area (Å²) in [6.45, 7) is 4.97. The van der Waals surface area contributed by atoms with Gasteiger partial charge in [0.05, 0.1) is 11.6 Å². The molecule has 0 unspecified atom stereocenters. The number of nitrogens with one attached hydrogen (secondary N) is 1. The van der Waals surface area contributed by atoms with Gasteiger partial charge in [0.15, 0.2) is 0 Å². The van der Waals surface area contributed by atoms with E-state index in [-0.39, 0.29) is 6.61 Å². The van der Waals surface area contributed by atoms with Crippen molar-refractivity contribution in [3.8, 4) is 5.75 Å². The van der Waals surface area contributed by atoms with Crippen LogP contribution < -0.4 is 10.1 Å². The highest BCUT2D eigenvalue weighted by molar-refractivity contribution is 6.32. The molecule has 0 aliphatic heterocycles. The van der Waals surface area contributed by atoms with Crippen LogP contribution in [-0.4, -0.2) is 24.9 Å². The van der Waals surface area contributed by atoms with Gasteiger partial charge in [0.1, 0.15) is 5.75 Å². The van der Waals surface area contributed by atoms with Gasteiger partial charge in [-0.15, -0.1) is 0 Å². The van der Waals surface area contributed by atoms with Crippen molar-refractivity contribution in [1.82, 2.24) is 5.32 Å². The van der Waals surface area contributed by atoms with Crippen LogP contribution in [0.3, 0.4) is 0 Å². The highest BCUT2D eigenvalue weighted by Gasteiger charge is 2.03. The minimum atomic E-state index is 0.278. The van der Waals surface area contributed by atoms with E-state index in [1.807, 2.05) is 12.1 Å². The van der Waals surface area contributed by atoms with Crippen molar-refractivity contribution in [1.29, 1.82) is 0 Å². The number of benzene rings is 1. The molecule has 0 amide bonds. The fourth-order valence-corrected chi connectivity index (χ4v) is 2.19. The van der Waals surface area contributed by atoms with Crippen molar-refractivity contribution in [3.63, 3.8) is 0 Å². The van der Waals surface area contributed by atoms with Gasteiger partial charge in [0, 0.05) is 13.2 Å². The number of aliphatic hydroxyl groups excluding tert-OH is 1. The van der Waals surface area contributed by atoms with Gasteiger partial charge < -0.3 is 15.2 Å². The Hall–Kier alpha value is -0.770.